The van der Waals surface area contributed by atoms with Crippen molar-refractivity contribution >= 4 is 33.4 Å². The quantitative estimate of drug-likeness (QED) is 0.787. The Labute approximate surface area is 114 Å². The summed E-state index contributed by atoms with van der Waals surface area (Å²) in [6, 6.07) is 5.05. The second-order valence-electron chi connectivity index (χ2n) is 4.00. The van der Waals surface area contributed by atoms with E-state index >= 15 is 0 Å². The number of nitrogens with one attached hydrogen (secondary N) is 1. The van der Waals surface area contributed by atoms with Crippen LogP contribution in [0, 0.1) is 0 Å². The fourth-order valence-electron chi connectivity index (χ4n) is 1.68. The molecule has 20 heavy (non-hydrogen) atoms. The third kappa shape index (κ3) is 2.59. The molecule has 0 unspecified atom stereocenters. The van der Waals surface area contributed by atoms with Crippen LogP contribution < -0.4 is 9.62 Å². The van der Waals surface area contributed by atoms with Gasteiger partial charge in [-0.3, -0.25) is 14.4 Å². The molecule has 1 N–H and O–H groups in total. The van der Waals surface area contributed by atoms with Gasteiger partial charge in [0.1, 0.15) is 0 Å². The van der Waals surface area contributed by atoms with Crippen molar-refractivity contribution < 1.29 is 22.8 Å². The Morgan fingerprint density at radius 2 is 1.55 bits per heavy atom. The summed E-state index contributed by atoms with van der Waals surface area (Å²) in [4.78, 5) is 34.5. The largest absolute Gasteiger partial charge is 0.274 e. The van der Waals surface area contributed by atoms with Gasteiger partial charge in [-0.2, -0.15) is 0 Å². The highest BCUT2D eigenvalue weighted by molar-refractivity contribution is 7.90. The zero-order chi connectivity index (χ0) is 14.9. The van der Waals surface area contributed by atoms with Crippen LogP contribution in [0.1, 0.15) is 6.92 Å². The van der Waals surface area contributed by atoms with Crippen LogP contribution in [0.2, 0.25) is 0 Å². The van der Waals surface area contributed by atoms with Crippen molar-refractivity contribution in [3.8, 4) is 0 Å². The van der Waals surface area contributed by atoms with Crippen LogP contribution in [-0.4, -0.2) is 26.1 Å². The van der Waals surface area contributed by atoms with Gasteiger partial charge in [0.15, 0.2) is 0 Å². The maximum atomic E-state index is 11.7. The minimum absolute atomic E-state index is 0.136. The fourth-order valence-corrected chi connectivity index (χ4v) is 2.67. The molecule has 0 atom stereocenters. The summed E-state index contributed by atoms with van der Waals surface area (Å²) in [6.45, 7) is 1.08. The maximum absolute atomic E-state index is 11.7. The monoisotopic (exact) mass is 294 g/mol. The number of carbonyl (C=O) groups excluding carboxylic acids is 3. The smallest absolute Gasteiger partial charge is 0.264 e. The van der Waals surface area contributed by atoms with Crippen molar-refractivity contribution in [2.45, 2.75) is 11.8 Å². The molecule has 0 aliphatic carbocycles. The number of hydrogen-bond acceptors (Lipinski definition) is 5. The molecular weight excluding hydrogens is 284 g/mol. The summed E-state index contributed by atoms with van der Waals surface area (Å²) in [6.07, 6.45) is 2.26. The van der Waals surface area contributed by atoms with Gasteiger partial charge >= 0.3 is 0 Å². The highest BCUT2D eigenvalue weighted by atomic mass is 32.2. The molecule has 0 saturated heterocycles. The highest BCUT2D eigenvalue weighted by Gasteiger charge is 2.25. The standard InChI is InChI=1S/C12H10N2O5S/c1-8(15)13-20(18,19)10-4-2-9(3-5-10)14-11(16)6-7-12(14)17/h2-7H,1H3,(H,13,15). The first kappa shape index (κ1) is 13.9. The molecule has 1 aliphatic heterocycles. The molecule has 8 heteroatoms. The van der Waals surface area contributed by atoms with Crippen LogP contribution in [0.15, 0.2) is 41.3 Å². The SMILES string of the molecule is CC(=O)NS(=O)(=O)c1ccc(N2C(=O)C=CC2=O)cc1. The van der Waals surface area contributed by atoms with Crippen LogP contribution in [-0.2, 0) is 24.4 Å². The lowest BCUT2D eigenvalue weighted by Gasteiger charge is -2.14. The van der Waals surface area contributed by atoms with Gasteiger partial charge in [-0.05, 0) is 24.3 Å². The molecule has 0 spiro atoms. The molecule has 1 aromatic carbocycles. The maximum Gasteiger partial charge on any atom is 0.264 e. The molecule has 0 aromatic heterocycles. The minimum atomic E-state index is -3.93. The third-order valence-corrected chi connectivity index (χ3v) is 3.94. The Kier molecular flexibility index (Phi) is 3.41. The van der Waals surface area contributed by atoms with Crippen molar-refractivity contribution in [1.29, 1.82) is 0 Å². The molecular formula is C12H10N2O5S. The molecule has 104 valence electrons. The van der Waals surface area contributed by atoms with Gasteiger partial charge in [-0.15, -0.1) is 0 Å². The number of rotatable bonds is 3. The summed E-state index contributed by atoms with van der Waals surface area (Å²) in [5.74, 6) is -1.69. The van der Waals surface area contributed by atoms with E-state index < -0.39 is 27.7 Å². The lowest BCUT2D eigenvalue weighted by molar-refractivity contribution is -0.120. The van der Waals surface area contributed by atoms with Gasteiger partial charge in [0.05, 0.1) is 10.6 Å². The van der Waals surface area contributed by atoms with E-state index in [1.54, 1.807) is 0 Å². The Balaban J connectivity index is 2.30. The van der Waals surface area contributed by atoms with Gasteiger partial charge in [0.25, 0.3) is 21.8 Å². The van der Waals surface area contributed by atoms with Gasteiger partial charge in [0.2, 0.25) is 5.91 Å². The van der Waals surface area contributed by atoms with E-state index in [4.69, 9.17) is 0 Å². The minimum Gasteiger partial charge on any atom is -0.274 e. The van der Waals surface area contributed by atoms with Crippen LogP contribution in [0.25, 0.3) is 0 Å². The Morgan fingerprint density at radius 3 is 2.00 bits per heavy atom. The first-order chi connectivity index (χ1) is 9.31. The Bertz CT molecular complexity index is 701. The van der Waals surface area contributed by atoms with Crippen LogP contribution in [0.5, 0.6) is 0 Å². The van der Waals surface area contributed by atoms with E-state index in [0.717, 1.165) is 24.0 Å². The molecule has 0 bridgehead atoms. The molecule has 1 aromatic rings. The topological polar surface area (TPSA) is 101 Å². The highest BCUT2D eigenvalue weighted by Crippen LogP contribution is 2.21. The lowest BCUT2D eigenvalue weighted by atomic mass is 10.3. The molecule has 3 amide bonds. The number of hydrogen-bond donors (Lipinski definition) is 1. The summed E-state index contributed by atoms with van der Waals surface area (Å²) in [5.41, 5.74) is 0.256. The molecule has 0 saturated carbocycles. The van der Waals surface area contributed by atoms with Crippen molar-refractivity contribution in [3.05, 3.63) is 36.4 Å². The molecule has 1 heterocycles. The average Bonchev–Trinajstić information content (AvgIpc) is 2.68. The summed E-state index contributed by atoms with van der Waals surface area (Å²) < 4.78 is 25.2. The first-order valence-corrected chi connectivity index (χ1v) is 6.99. The van der Waals surface area contributed by atoms with Gasteiger partial charge in [-0.25, -0.2) is 18.0 Å². The molecule has 0 fully saturated rings. The normalized spacial score (nSPS) is 14.8. The van der Waals surface area contributed by atoms with E-state index in [1.807, 2.05) is 4.72 Å². The third-order valence-electron chi connectivity index (χ3n) is 2.49. The molecule has 0 radical (unpaired) electrons. The zero-order valence-electron chi connectivity index (χ0n) is 10.4. The van der Waals surface area contributed by atoms with E-state index in [1.165, 1.54) is 24.3 Å². The van der Waals surface area contributed by atoms with Crippen LogP contribution >= 0.6 is 0 Å². The number of sulfonamides is 1. The predicted molar refractivity (Wildman–Crippen MR) is 69.1 cm³/mol. The summed E-state index contributed by atoms with van der Waals surface area (Å²) >= 11 is 0. The number of benzene rings is 1. The van der Waals surface area contributed by atoms with Crippen molar-refractivity contribution in [3.63, 3.8) is 0 Å². The van der Waals surface area contributed by atoms with Gasteiger partial charge < -0.3 is 0 Å². The summed E-state index contributed by atoms with van der Waals surface area (Å²) in [7, 11) is -3.93. The average molecular weight is 294 g/mol. The number of amides is 3. The number of anilines is 1. The van der Waals surface area contributed by atoms with E-state index in [9.17, 15) is 22.8 Å². The van der Waals surface area contributed by atoms with Crippen LogP contribution in [0.4, 0.5) is 5.69 Å². The number of nitrogens with zero attached hydrogens (tertiary/aromatic N) is 1. The number of carbonyl (C=O) groups is 3. The Morgan fingerprint density at radius 1 is 1.05 bits per heavy atom. The van der Waals surface area contributed by atoms with Gasteiger partial charge in [0, 0.05) is 19.1 Å². The molecule has 1 aliphatic rings. The first-order valence-electron chi connectivity index (χ1n) is 5.51. The molecule has 2 rings (SSSR count). The van der Waals surface area contributed by atoms with E-state index in [0.29, 0.717) is 0 Å². The summed E-state index contributed by atoms with van der Waals surface area (Å²) in [5, 5.41) is 0. The second-order valence-corrected chi connectivity index (χ2v) is 5.68. The van der Waals surface area contributed by atoms with Gasteiger partial charge in [-0.1, -0.05) is 0 Å². The van der Waals surface area contributed by atoms with Crippen molar-refractivity contribution in [2.24, 2.45) is 0 Å². The Hall–Kier alpha value is -2.48. The van der Waals surface area contributed by atoms with Crippen molar-refractivity contribution in [1.82, 2.24) is 4.72 Å². The van der Waals surface area contributed by atoms with E-state index in [2.05, 4.69) is 0 Å². The van der Waals surface area contributed by atoms with Crippen molar-refractivity contribution in [2.75, 3.05) is 4.90 Å². The predicted octanol–water partition coefficient (Wildman–Crippen LogP) is -0.0592. The number of imide groups is 1. The second kappa shape index (κ2) is 4.89. The zero-order valence-corrected chi connectivity index (χ0v) is 11.2. The fraction of sp³-hybridized carbons (Fsp3) is 0.0833. The molecule has 7 nitrogen and oxygen atoms in total. The lowest BCUT2D eigenvalue weighted by Crippen LogP contribution is -2.30. The van der Waals surface area contributed by atoms with Crippen LogP contribution in [0.3, 0.4) is 0 Å². The van der Waals surface area contributed by atoms with E-state index in [-0.39, 0.29) is 10.6 Å².